The van der Waals surface area contributed by atoms with Gasteiger partial charge in [0.25, 0.3) is 0 Å². The number of aromatic nitrogens is 2. The molecule has 1 aliphatic rings. The van der Waals surface area contributed by atoms with E-state index in [9.17, 15) is 9.59 Å². The molecule has 0 saturated carbocycles. The van der Waals surface area contributed by atoms with Crippen molar-refractivity contribution < 1.29 is 14.3 Å². The van der Waals surface area contributed by atoms with Crippen LogP contribution in [-0.4, -0.2) is 40.9 Å². The second-order valence-electron chi connectivity index (χ2n) is 10.8. The highest BCUT2D eigenvalue weighted by Gasteiger charge is 2.27. The van der Waals surface area contributed by atoms with Gasteiger partial charge in [-0.2, -0.15) is 0 Å². The van der Waals surface area contributed by atoms with Crippen molar-refractivity contribution in [2.24, 2.45) is 0 Å². The number of fused-ring (bicyclic) bond motifs is 1. The predicted octanol–water partition coefficient (Wildman–Crippen LogP) is 5.89. The van der Waals surface area contributed by atoms with Crippen molar-refractivity contribution in [2.45, 2.75) is 53.2 Å². The highest BCUT2D eigenvalue weighted by Crippen LogP contribution is 2.33. The van der Waals surface area contributed by atoms with Gasteiger partial charge in [0.1, 0.15) is 23.7 Å². The highest BCUT2D eigenvalue weighted by atomic mass is 16.5. The fourth-order valence-electron chi connectivity index (χ4n) is 5.47. The Morgan fingerprint density at radius 2 is 1.93 bits per heavy atom. The molecule has 216 valence electrons. The minimum atomic E-state index is -0.176. The van der Waals surface area contributed by atoms with Crippen molar-refractivity contribution in [3.05, 3.63) is 94.8 Å². The highest BCUT2D eigenvalue weighted by molar-refractivity contribution is 5.92. The van der Waals surface area contributed by atoms with Gasteiger partial charge in [-0.25, -0.2) is 9.97 Å². The average molecular weight is 564 g/mol. The smallest absolute Gasteiger partial charge is 0.244 e. The standard InChI is InChI=1S/C34H37N5O3/c1-22-10-15-30(24(3)29(22)21-42-31-9-5-7-27-14-11-23(2)37-34(27)31)39-18-6-8-28(39)20-36-33(41)17-13-26-12-16-32(35-19-26)38-25(4)40/h5,7,9-17,19,28H,6,8,18,20-21H2,1-4H3,(H,36,41)(H,35,38,40)/b17-13+. The summed E-state index contributed by atoms with van der Waals surface area (Å²) in [5.74, 6) is 0.938. The van der Waals surface area contributed by atoms with E-state index in [1.807, 2.05) is 25.1 Å². The van der Waals surface area contributed by atoms with E-state index < -0.39 is 0 Å². The first kappa shape index (κ1) is 28.8. The van der Waals surface area contributed by atoms with E-state index in [4.69, 9.17) is 9.72 Å². The van der Waals surface area contributed by atoms with E-state index in [-0.39, 0.29) is 17.9 Å². The van der Waals surface area contributed by atoms with Crippen LogP contribution < -0.4 is 20.3 Å². The molecule has 5 rings (SSSR count). The molecule has 3 heterocycles. The molecule has 1 unspecified atom stereocenters. The van der Waals surface area contributed by atoms with Crippen LogP contribution in [0.1, 0.15) is 47.7 Å². The van der Waals surface area contributed by atoms with Crippen LogP contribution in [0.25, 0.3) is 17.0 Å². The van der Waals surface area contributed by atoms with Gasteiger partial charge in [0.15, 0.2) is 0 Å². The number of rotatable bonds is 9. The fraction of sp³-hybridized carbons (Fsp3) is 0.294. The van der Waals surface area contributed by atoms with Crippen LogP contribution in [0, 0.1) is 20.8 Å². The lowest BCUT2D eigenvalue weighted by Gasteiger charge is -2.30. The van der Waals surface area contributed by atoms with E-state index in [1.54, 1.807) is 24.4 Å². The summed E-state index contributed by atoms with van der Waals surface area (Å²) in [7, 11) is 0. The first-order chi connectivity index (χ1) is 20.3. The Labute approximate surface area is 246 Å². The van der Waals surface area contributed by atoms with Crippen LogP contribution in [0.15, 0.2) is 66.9 Å². The van der Waals surface area contributed by atoms with E-state index >= 15 is 0 Å². The van der Waals surface area contributed by atoms with E-state index in [2.05, 4.69) is 58.6 Å². The van der Waals surface area contributed by atoms with Gasteiger partial charge < -0.3 is 20.3 Å². The molecule has 8 heteroatoms. The first-order valence-corrected chi connectivity index (χ1v) is 14.3. The van der Waals surface area contributed by atoms with Crippen molar-refractivity contribution in [3.63, 3.8) is 0 Å². The van der Waals surface area contributed by atoms with Crippen molar-refractivity contribution in [1.82, 2.24) is 15.3 Å². The molecule has 2 aromatic heterocycles. The maximum absolute atomic E-state index is 12.6. The third kappa shape index (κ3) is 6.77. The summed E-state index contributed by atoms with van der Waals surface area (Å²) in [6.07, 6.45) is 6.94. The molecule has 4 aromatic rings. The lowest BCUT2D eigenvalue weighted by Crippen LogP contribution is -2.40. The molecule has 2 amide bonds. The molecule has 42 heavy (non-hydrogen) atoms. The van der Waals surface area contributed by atoms with Gasteiger partial charge in [-0.05, 0) is 92.3 Å². The van der Waals surface area contributed by atoms with Crippen LogP contribution in [0.4, 0.5) is 11.5 Å². The zero-order chi connectivity index (χ0) is 29.6. The number of hydrogen-bond donors (Lipinski definition) is 2. The minimum Gasteiger partial charge on any atom is -0.487 e. The zero-order valence-corrected chi connectivity index (χ0v) is 24.6. The van der Waals surface area contributed by atoms with Crippen LogP contribution in [0.5, 0.6) is 5.75 Å². The lowest BCUT2D eigenvalue weighted by atomic mass is 10.0. The van der Waals surface area contributed by atoms with Crippen LogP contribution in [0.3, 0.4) is 0 Å². The summed E-state index contributed by atoms with van der Waals surface area (Å²) in [6, 6.07) is 18.2. The average Bonchev–Trinajstić information content (AvgIpc) is 3.44. The second-order valence-corrected chi connectivity index (χ2v) is 10.8. The molecular weight excluding hydrogens is 526 g/mol. The van der Waals surface area contributed by atoms with E-state index in [0.29, 0.717) is 19.0 Å². The Kier molecular flexibility index (Phi) is 8.81. The number of nitrogens with zero attached hydrogens (tertiary/aromatic N) is 3. The van der Waals surface area contributed by atoms with Gasteiger partial charge in [0, 0.05) is 55.1 Å². The van der Waals surface area contributed by atoms with Crippen molar-refractivity contribution in [3.8, 4) is 5.75 Å². The quantitative estimate of drug-likeness (QED) is 0.247. The Morgan fingerprint density at radius 1 is 1.07 bits per heavy atom. The van der Waals surface area contributed by atoms with Crippen molar-refractivity contribution >= 4 is 40.3 Å². The number of para-hydroxylation sites is 1. The number of ether oxygens (including phenoxy) is 1. The maximum atomic E-state index is 12.6. The number of pyridine rings is 2. The van der Waals surface area contributed by atoms with E-state index in [0.717, 1.165) is 47.3 Å². The molecule has 1 saturated heterocycles. The first-order valence-electron chi connectivity index (χ1n) is 14.3. The molecule has 8 nitrogen and oxygen atoms in total. The number of carbonyl (C=O) groups excluding carboxylic acids is 2. The van der Waals surface area contributed by atoms with Crippen LogP contribution >= 0.6 is 0 Å². The van der Waals surface area contributed by atoms with Gasteiger partial charge in [-0.15, -0.1) is 0 Å². The number of aryl methyl sites for hydroxylation is 2. The lowest BCUT2D eigenvalue weighted by molar-refractivity contribution is -0.116. The number of carbonyl (C=O) groups is 2. The normalized spacial score (nSPS) is 14.9. The summed E-state index contributed by atoms with van der Waals surface area (Å²) in [5.41, 5.74) is 7.37. The summed E-state index contributed by atoms with van der Waals surface area (Å²) >= 11 is 0. The Morgan fingerprint density at radius 3 is 2.71 bits per heavy atom. The minimum absolute atomic E-state index is 0.151. The Bertz CT molecular complexity index is 1630. The maximum Gasteiger partial charge on any atom is 0.244 e. The van der Waals surface area contributed by atoms with Crippen molar-refractivity contribution in [1.29, 1.82) is 0 Å². The molecule has 0 radical (unpaired) electrons. The molecule has 1 atom stereocenters. The Balaban J connectivity index is 1.23. The monoisotopic (exact) mass is 563 g/mol. The number of hydrogen-bond acceptors (Lipinski definition) is 6. The molecule has 0 spiro atoms. The molecule has 2 N–H and O–H groups in total. The molecule has 1 aliphatic heterocycles. The predicted molar refractivity (Wildman–Crippen MR) is 168 cm³/mol. The summed E-state index contributed by atoms with van der Waals surface area (Å²) in [5, 5.41) is 6.76. The third-order valence-electron chi connectivity index (χ3n) is 7.71. The fourth-order valence-corrected chi connectivity index (χ4v) is 5.47. The molecule has 2 aromatic carbocycles. The van der Waals surface area contributed by atoms with Gasteiger partial charge in [0.05, 0.1) is 0 Å². The largest absolute Gasteiger partial charge is 0.487 e. The van der Waals surface area contributed by atoms with E-state index in [1.165, 1.54) is 35.4 Å². The number of amides is 2. The number of nitrogens with one attached hydrogen (secondary N) is 2. The zero-order valence-electron chi connectivity index (χ0n) is 24.6. The number of benzene rings is 2. The summed E-state index contributed by atoms with van der Waals surface area (Å²) < 4.78 is 6.36. The van der Waals surface area contributed by atoms with Gasteiger partial charge in [-0.3, -0.25) is 9.59 Å². The van der Waals surface area contributed by atoms with Gasteiger partial charge in [0.2, 0.25) is 11.8 Å². The molecular formula is C34H37N5O3. The summed E-state index contributed by atoms with van der Waals surface area (Å²) in [4.78, 5) is 35.1. The summed E-state index contributed by atoms with van der Waals surface area (Å²) in [6.45, 7) is 9.67. The molecule has 0 aliphatic carbocycles. The van der Waals surface area contributed by atoms with Crippen molar-refractivity contribution in [2.75, 3.05) is 23.3 Å². The Hall–Kier alpha value is -4.72. The third-order valence-corrected chi connectivity index (χ3v) is 7.71. The van der Waals surface area contributed by atoms with Crippen LogP contribution in [0.2, 0.25) is 0 Å². The van der Waals surface area contributed by atoms with Gasteiger partial charge in [-0.1, -0.05) is 24.3 Å². The topological polar surface area (TPSA) is 96.5 Å². The SMILES string of the molecule is CC(=O)Nc1ccc(/C=C/C(=O)NCC2CCCN2c2ccc(C)c(COc3cccc4ccc(C)nc34)c2C)cn1. The molecule has 1 fully saturated rings. The molecule has 0 bridgehead atoms. The second kappa shape index (κ2) is 12.9. The number of anilines is 2. The van der Waals surface area contributed by atoms with Gasteiger partial charge >= 0.3 is 0 Å². The van der Waals surface area contributed by atoms with Crippen LogP contribution in [-0.2, 0) is 16.2 Å².